The van der Waals surface area contributed by atoms with E-state index in [1.165, 1.54) is 0 Å². The van der Waals surface area contributed by atoms with Gasteiger partial charge in [-0.15, -0.1) is 0 Å². The van der Waals surface area contributed by atoms with E-state index in [0.29, 0.717) is 5.69 Å². The second-order valence-electron chi connectivity index (χ2n) is 2.44. The van der Waals surface area contributed by atoms with Gasteiger partial charge >= 0.3 is 0 Å². The van der Waals surface area contributed by atoms with Crippen LogP contribution in [0, 0.1) is 0 Å². The Morgan fingerprint density at radius 2 is 1.92 bits per heavy atom. The predicted octanol–water partition coefficient (Wildman–Crippen LogP) is 1.58. The van der Waals surface area contributed by atoms with Crippen LogP contribution in [0.15, 0.2) is 42.7 Å². The molecule has 0 amide bonds. The summed E-state index contributed by atoms with van der Waals surface area (Å²) in [6.07, 6.45) is 3.46. The van der Waals surface area contributed by atoms with Crippen LogP contribution in [0.1, 0.15) is 0 Å². The third kappa shape index (κ3) is 1.97. The van der Waals surface area contributed by atoms with Crippen LogP contribution in [0.5, 0.6) is 5.75 Å². The first-order chi connectivity index (χ1) is 5.88. The largest absolute Gasteiger partial charge is 0.506 e. The summed E-state index contributed by atoms with van der Waals surface area (Å²) < 4.78 is 1.62. The van der Waals surface area contributed by atoms with E-state index in [1.54, 1.807) is 29.2 Å². The van der Waals surface area contributed by atoms with Gasteiger partial charge in [0, 0.05) is 32.5 Å². The van der Waals surface area contributed by atoms with Crippen LogP contribution < -0.4 is 0 Å². The summed E-state index contributed by atoms with van der Waals surface area (Å²) in [6, 6.07) is 8.89. The summed E-state index contributed by atoms with van der Waals surface area (Å²) >= 11 is 0. The van der Waals surface area contributed by atoms with E-state index in [1.807, 2.05) is 18.2 Å². The molecule has 0 aliphatic rings. The van der Waals surface area contributed by atoms with Crippen LogP contribution in [-0.2, 0) is 20.1 Å². The van der Waals surface area contributed by atoms with Gasteiger partial charge in [-0.3, -0.25) is 0 Å². The number of phenols is 1. The second kappa shape index (κ2) is 4.21. The Morgan fingerprint density at radius 3 is 2.54 bits per heavy atom. The fourth-order valence-electron chi connectivity index (χ4n) is 1.07. The van der Waals surface area contributed by atoms with Crippen LogP contribution in [0.25, 0.3) is 5.69 Å². The van der Waals surface area contributed by atoms with Crippen molar-refractivity contribution in [2.75, 3.05) is 0 Å². The fourth-order valence-corrected chi connectivity index (χ4v) is 1.07. The number of hydrogen-bond acceptors (Lipinski definition) is 2. The summed E-state index contributed by atoms with van der Waals surface area (Å²) in [5.74, 6) is 0.237. The minimum atomic E-state index is 0. The molecule has 2 rings (SSSR count). The van der Waals surface area contributed by atoms with E-state index in [4.69, 9.17) is 0 Å². The molecule has 13 heavy (non-hydrogen) atoms. The standard InChI is InChI=1S/C9H8N2O.Ir/c12-9-5-2-1-4-8(9)11-7-3-6-10-11;/h1-7,12H;. The van der Waals surface area contributed by atoms with E-state index in [-0.39, 0.29) is 25.9 Å². The number of hydrogen-bond donors (Lipinski definition) is 1. The molecule has 1 aromatic heterocycles. The number of phenolic OH excluding ortho intramolecular Hbond substituents is 1. The van der Waals surface area contributed by atoms with E-state index in [0.717, 1.165) is 0 Å². The molecule has 4 heteroatoms. The Bertz CT molecular complexity index is 373. The van der Waals surface area contributed by atoms with Crippen molar-refractivity contribution in [1.82, 2.24) is 9.78 Å². The SMILES string of the molecule is Oc1ccccc1-n1cccn1.[Ir]. The predicted molar refractivity (Wildman–Crippen MR) is 45.2 cm³/mol. The van der Waals surface area contributed by atoms with Crippen molar-refractivity contribution in [3.63, 3.8) is 0 Å². The number of benzene rings is 1. The maximum atomic E-state index is 9.42. The van der Waals surface area contributed by atoms with Crippen molar-refractivity contribution in [3.8, 4) is 11.4 Å². The van der Waals surface area contributed by atoms with Crippen LogP contribution in [0.4, 0.5) is 0 Å². The Balaban J connectivity index is 0.000000845. The zero-order chi connectivity index (χ0) is 8.39. The number of nitrogens with zero attached hydrogens (tertiary/aromatic N) is 2. The van der Waals surface area contributed by atoms with Gasteiger partial charge in [-0.2, -0.15) is 5.10 Å². The first-order valence-corrected chi connectivity index (χ1v) is 3.66. The molecule has 0 aliphatic carbocycles. The topological polar surface area (TPSA) is 38.0 Å². The Kier molecular flexibility index (Phi) is 3.23. The minimum Gasteiger partial charge on any atom is -0.506 e. The number of aromatic nitrogens is 2. The molecule has 0 spiro atoms. The molecule has 1 aromatic carbocycles. The molecular formula is C9H8IrN2O. The van der Waals surface area contributed by atoms with E-state index >= 15 is 0 Å². The van der Waals surface area contributed by atoms with Gasteiger partial charge in [-0.05, 0) is 18.2 Å². The summed E-state index contributed by atoms with van der Waals surface area (Å²) in [5, 5.41) is 13.4. The molecule has 2 aromatic rings. The third-order valence-electron chi connectivity index (χ3n) is 1.63. The zero-order valence-corrected chi connectivity index (χ0v) is 9.11. The molecule has 1 radical (unpaired) electrons. The summed E-state index contributed by atoms with van der Waals surface area (Å²) in [5.41, 5.74) is 0.697. The molecule has 1 N–H and O–H groups in total. The molecule has 0 fully saturated rings. The molecule has 0 saturated carbocycles. The van der Waals surface area contributed by atoms with Crippen molar-refractivity contribution < 1.29 is 25.2 Å². The summed E-state index contributed by atoms with van der Waals surface area (Å²) in [4.78, 5) is 0. The normalized spacial score (nSPS) is 9.23. The van der Waals surface area contributed by atoms with E-state index in [2.05, 4.69) is 5.10 Å². The van der Waals surface area contributed by atoms with Gasteiger partial charge in [-0.1, -0.05) is 12.1 Å². The van der Waals surface area contributed by atoms with Crippen LogP contribution in [0.3, 0.4) is 0 Å². The average molecular weight is 352 g/mol. The van der Waals surface area contributed by atoms with Crippen molar-refractivity contribution in [3.05, 3.63) is 42.7 Å². The zero-order valence-electron chi connectivity index (χ0n) is 6.72. The molecule has 3 nitrogen and oxygen atoms in total. The fraction of sp³-hybridized carbons (Fsp3) is 0. The van der Waals surface area contributed by atoms with Gasteiger partial charge in [0.2, 0.25) is 0 Å². The minimum absolute atomic E-state index is 0. The average Bonchev–Trinajstić information content (AvgIpc) is 2.57. The van der Waals surface area contributed by atoms with Gasteiger partial charge in [0.25, 0.3) is 0 Å². The van der Waals surface area contributed by atoms with Gasteiger partial charge < -0.3 is 5.11 Å². The van der Waals surface area contributed by atoms with Crippen molar-refractivity contribution in [1.29, 1.82) is 0 Å². The molecule has 0 unspecified atom stereocenters. The van der Waals surface area contributed by atoms with Gasteiger partial charge in [0.1, 0.15) is 11.4 Å². The molecule has 1 heterocycles. The van der Waals surface area contributed by atoms with Crippen LogP contribution in [0.2, 0.25) is 0 Å². The molecule has 0 aliphatic heterocycles. The first-order valence-electron chi connectivity index (χ1n) is 3.66. The molecule has 0 atom stereocenters. The molecule has 69 valence electrons. The van der Waals surface area contributed by atoms with E-state index < -0.39 is 0 Å². The van der Waals surface area contributed by atoms with E-state index in [9.17, 15) is 5.11 Å². The second-order valence-corrected chi connectivity index (χ2v) is 2.44. The summed E-state index contributed by atoms with van der Waals surface area (Å²) in [6.45, 7) is 0. The Morgan fingerprint density at radius 1 is 1.15 bits per heavy atom. The molecule has 0 saturated heterocycles. The van der Waals surface area contributed by atoms with Crippen molar-refractivity contribution in [2.24, 2.45) is 0 Å². The molecule has 0 bridgehead atoms. The Labute approximate surface area is 89.4 Å². The third-order valence-corrected chi connectivity index (χ3v) is 1.63. The smallest absolute Gasteiger partial charge is 0.141 e. The van der Waals surface area contributed by atoms with Crippen molar-refractivity contribution >= 4 is 0 Å². The van der Waals surface area contributed by atoms with Crippen molar-refractivity contribution in [2.45, 2.75) is 0 Å². The maximum absolute atomic E-state index is 9.42. The molecular weight excluding hydrogens is 344 g/mol. The monoisotopic (exact) mass is 353 g/mol. The van der Waals surface area contributed by atoms with Gasteiger partial charge in [0.05, 0.1) is 0 Å². The Hall–Kier alpha value is -1.12. The number of rotatable bonds is 1. The van der Waals surface area contributed by atoms with Crippen LogP contribution in [-0.4, -0.2) is 14.9 Å². The summed E-state index contributed by atoms with van der Waals surface area (Å²) in [7, 11) is 0. The first kappa shape index (κ1) is 9.96. The maximum Gasteiger partial charge on any atom is 0.141 e. The van der Waals surface area contributed by atoms with Gasteiger partial charge in [-0.25, -0.2) is 4.68 Å². The van der Waals surface area contributed by atoms with Crippen LogP contribution >= 0.6 is 0 Å². The number of para-hydroxylation sites is 2. The van der Waals surface area contributed by atoms with Gasteiger partial charge in [0.15, 0.2) is 0 Å². The number of aromatic hydroxyl groups is 1. The quantitative estimate of drug-likeness (QED) is 0.846.